The Morgan fingerprint density at radius 2 is 2.06 bits per heavy atom. The number of methoxy groups -OCH3 is 1. The van der Waals surface area contributed by atoms with Crippen LogP contribution in [-0.4, -0.2) is 43.1 Å². The molecular weight excluding hydrogens is 236 g/mol. The topological polar surface area (TPSA) is 65.0 Å². The molecule has 1 N–H and O–H groups in total. The minimum atomic E-state index is -1.22. The van der Waals surface area contributed by atoms with Gasteiger partial charge in [-0.1, -0.05) is 30.3 Å². The average molecular weight is 252 g/mol. The second-order valence-corrected chi connectivity index (χ2v) is 4.12. The van der Waals surface area contributed by atoms with Crippen LogP contribution in [0, 0.1) is 0 Å². The van der Waals surface area contributed by atoms with Crippen molar-refractivity contribution in [2.45, 2.75) is 24.9 Å². The smallest absolute Gasteiger partial charge is 0.338 e. The molecule has 0 spiro atoms. The van der Waals surface area contributed by atoms with E-state index in [2.05, 4.69) is 0 Å². The molecule has 3 atom stereocenters. The molecular formula is C13H16O5. The Bertz CT molecular complexity index is 392. The fourth-order valence-corrected chi connectivity index (χ4v) is 1.90. The first-order chi connectivity index (χ1) is 8.72. The highest BCUT2D eigenvalue weighted by Gasteiger charge is 2.44. The van der Waals surface area contributed by atoms with Crippen molar-refractivity contribution in [1.82, 2.24) is 0 Å². The second-order valence-electron chi connectivity index (χ2n) is 4.12. The van der Waals surface area contributed by atoms with Crippen LogP contribution in [0.25, 0.3) is 0 Å². The molecule has 5 nitrogen and oxygen atoms in total. The van der Waals surface area contributed by atoms with E-state index < -0.39 is 24.3 Å². The minimum absolute atomic E-state index is 0.205. The van der Waals surface area contributed by atoms with E-state index in [0.717, 1.165) is 5.56 Å². The normalized spacial score (nSPS) is 27.2. The van der Waals surface area contributed by atoms with E-state index in [9.17, 15) is 9.90 Å². The molecule has 0 bridgehead atoms. The van der Waals surface area contributed by atoms with Gasteiger partial charge in [0, 0.05) is 7.11 Å². The maximum Gasteiger partial charge on any atom is 0.338 e. The van der Waals surface area contributed by atoms with Crippen LogP contribution in [0.2, 0.25) is 0 Å². The van der Waals surface area contributed by atoms with Crippen LogP contribution in [0.5, 0.6) is 0 Å². The van der Waals surface area contributed by atoms with Crippen molar-refractivity contribution < 1.29 is 24.1 Å². The van der Waals surface area contributed by atoms with Gasteiger partial charge >= 0.3 is 5.97 Å². The first-order valence-corrected chi connectivity index (χ1v) is 5.75. The standard InChI is InChI=1S/C13H16O5/c1-16-12-10(18-13(15)11(12)14)8-17-7-9-5-3-2-4-6-9/h2-6,10-12,14H,7-8H2,1H3/t10-,11-,12-/m1/s1. The molecule has 0 radical (unpaired) electrons. The van der Waals surface area contributed by atoms with Gasteiger partial charge in [0.25, 0.3) is 0 Å². The third kappa shape index (κ3) is 2.87. The second kappa shape index (κ2) is 5.95. The Balaban J connectivity index is 1.82. The highest BCUT2D eigenvalue weighted by atomic mass is 16.6. The largest absolute Gasteiger partial charge is 0.455 e. The van der Waals surface area contributed by atoms with Gasteiger partial charge in [-0.25, -0.2) is 4.79 Å². The van der Waals surface area contributed by atoms with Crippen LogP contribution in [0.3, 0.4) is 0 Å². The Labute approximate surface area is 105 Å². The number of aliphatic hydroxyl groups excluding tert-OH is 1. The third-order valence-electron chi connectivity index (χ3n) is 2.85. The van der Waals surface area contributed by atoms with Crippen LogP contribution < -0.4 is 0 Å². The predicted molar refractivity (Wildman–Crippen MR) is 62.8 cm³/mol. The molecule has 1 fully saturated rings. The maximum absolute atomic E-state index is 11.2. The molecule has 2 rings (SSSR count). The molecule has 98 valence electrons. The number of hydrogen-bond donors (Lipinski definition) is 1. The van der Waals surface area contributed by atoms with Crippen molar-refractivity contribution in [2.24, 2.45) is 0 Å². The molecule has 1 aliphatic rings. The zero-order valence-corrected chi connectivity index (χ0v) is 10.1. The van der Waals surface area contributed by atoms with Crippen molar-refractivity contribution in [1.29, 1.82) is 0 Å². The van der Waals surface area contributed by atoms with Crippen LogP contribution in [-0.2, 0) is 25.6 Å². The SMILES string of the molecule is CO[C@@H]1[C@@H](COCc2ccccc2)OC(=O)[C@@H]1O. The average Bonchev–Trinajstić information content (AvgIpc) is 2.66. The maximum atomic E-state index is 11.2. The summed E-state index contributed by atoms with van der Waals surface area (Å²) in [5.74, 6) is -0.657. The molecule has 1 aromatic carbocycles. The van der Waals surface area contributed by atoms with Gasteiger partial charge in [-0.15, -0.1) is 0 Å². The number of aliphatic hydroxyl groups is 1. The van der Waals surface area contributed by atoms with Gasteiger partial charge in [0.2, 0.25) is 0 Å². The number of esters is 1. The monoisotopic (exact) mass is 252 g/mol. The molecule has 0 aromatic heterocycles. The number of ether oxygens (including phenoxy) is 3. The molecule has 0 unspecified atom stereocenters. The van der Waals surface area contributed by atoms with Crippen LogP contribution >= 0.6 is 0 Å². The number of benzene rings is 1. The molecule has 1 saturated heterocycles. The fourth-order valence-electron chi connectivity index (χ4n) is 1.90. The number of carbonyl (C=O) groups is 1. The van der Waals surface area contributed by atoms with Gasteiger partial charge in [0.15, 0.2) is 12.2 Å². The van der Waals surface area contributed by atoms with E-state index in [1.54, 1.807) is 0 Å². The highest BCUT2D eigenvalue weighted by molar-refractivity contribution is 5.77. The zero-order chi connectivity index (χ0) is 13.0. The van der Waals surface area contributed by atoms with Crippen molar-refractivity contribution in [3.63, 3.8) is 0 Å². The van der Waals surface area contributed by atoms with E-state index in [1.807, 2.05) is 30.3 Å². The van der Waals surface area contributed by atoms with E-state index in [0.29, 0.717) is 6.61 Å². The number of rotatable bonds is 5. The molecule has 1 aromatic rings. The van der Waals surface area contributed by atoms with Crippen LogP contribution in [0.4, 0.5) is 0 Å². The lowest BCUT2D eigenvalue weighted by Gasteiger charge is -2.17. The summed E-state index contributed by atoms with van der Waals surface area (Å²) in [6.45, 7) is 0.637. The lowest BCUT2D eigenvalue weighted by Crippen LogP contribution is -2.35. The van der Waals surface area contributed by atoms with E-state index in [-0.39, 0.29) is 6.61 Å². The van der Waals surface area contributed by atoms with E-state index >= 15 is 0 Å². The van der Waals surface area contributed by atoms with Gasteiger partial charge in [0.1, 0.15) is 6.10 Å². The Kier molecular flexibility index (Phi) is 4.30. The van der Waals surface area contributed by atoms with Crippen molar-refractivity contribution >= 4 is 5.97 Å². The van der Waals surface area contributed by atoms with Crippen LogP contribution in [0.15, 0.2) is 30.3 Å². The van der Waals surface area contributed by atoms with Crippen molar-refractivity contribution in [3.8, 4) is 0 Å². The molecule has 18 heavy (non-hydrogen) atoms. The van der Waals surface area contributed by atoms with Gasteiger partial charge in [-0.2, -0.15) is 0 Å². The van der Waals surface area contributed by atoms with Gasteiger partial charge in [0.05, 0.1) is 13.2 Å². The minimum Gasteiger partial charge on any atom is -0.455 e. The summed E-state index contributed by atoms with van der Waals surface area (Å²) in [7, 11) is 1.43. The summed E-state index contributed by atoms with van der Waals surface area (Å²) in [5, 5.41) is 9.49. The number of hydrogen-bond acceptors (Lipinski definition) is 5. The van der Waals surface area contributed by atoms with E-state index in [4.69, 9.17) is 14.2 Å². The summed E-state index contributed by atoms with van der Waals surface area (Å²) in [5.41, 5.74) is 1.04. The molecule has 1 heterocycles. The summed E-state index contributed by atoms with van der Waals surface area (Å²) in [6, 6.07) is 9.68. The Hall–Kier alpha value is -1.43. The van der Waals surface area contributed by atoms with Crippen molar-refractivity contribution in [3.05, 3.63) is 35.9 Å². The number of carbonyl (C=O) groups excluding carboxylic acids is 1. The highest BCUT2D eigenvalue weighted by Crippen LogP contribution is 2.19. The van der Waals surface area contributed by atoms with Gasteiger partial charge in [-0.05, 0) is 5.56 Å². The summed E-state index contributed by atoms with van der Waals surface area (Å²) in [4.78, 5) is 11.2. The summed E-state index contributed by atoms with van der Waals surface area (Å²) in [6.07, 6.45) is -2.44. The quantitative estimate of drug-likeness (QED) is 0.773. The first-order valence-electron chi connectivity index (χ1n) is 5.75. The zero-order valence-electron chi connectivity index (χ0n) is 10.1. The summed E-state index contributed by atoms with van der Waals surface area (Å²) < 4.78 is 15.5. The molecule has 1 aliphatic heterocycles. The summed E-state index contributed by atoms with van der Waals surface area (Å²) >= 11 is 0. The third-order valence-corrected chi connectivity index (χ3v) is 2.85. The lowest BCUT2D eigenvalue weighted by molar-refractivity contribution is -0.149. The Morgan fingerprint density at radius 1 is 1.33 bits per heavy atom. The van der Waals surface area contributed by atoms with E-state index in [1.165, 1.54) is 7.11 Å². The predicted octanol–water partition coefficient (Wildman–Crippen LogP) is 0.504. The molecule has 0 saturated carbocycles. The Morgan fingerprint density at radius 3 is 2.72 bits per heavy atom. The fraction of sp³-hybridized carbons (Fsp3) is 0.462. The van der Waals surface area contributed by atoms with Crippen molar-refractivity contribution in [2.75, 3.05) is 13.7 Å². The molecule has 0 aliphatic carbocycles. The first kappa shape index (κ1) is 13.0. The molecule has 5 heteroatoms. The van der Waals surface area contributed by atoms with Gasteiger partial charge in [-0.3, -0.25) is 0 Å². The lowest BCUT2D eigenvalue weighted by atomic mass is 10.1. The number of cyclic esters (lactones) is 1. The van der Waals surface area contributed by atoms with Gasteiger partial charge < -0.3 is 19.3 Å². The van der Waals surface area contributed by atoms with Crippen LogP contribution in [0.1, 0.15) is 5.56 Å². The molecule has 0 amide bonds.